The molecule has 0 saturated carbocycles. The molecule has 8 nitrogen and oxygen atoms in total. The molecule has 4 amide bonds. The number of ether oxygens (including phenoxy) is 1. The summed E-state index contributed by atoms with van der Waals surface area (Å²) in [6, 6.07) is 15.6. The van der Waals surface area contributed by atoms with Gasteiger partial charge in [-0.15, -0.1) is 13.2 Å². The Morgan fingerprint density at radius 1 is 1.03 bits per heavy atom. The second kappa shape index (κ2) is 9.57. The number of hydrogen-bond donors (Lipinski definition) is 1. The van der Waals surface area contributed by atoms with Gasteiger partial charge in [0.2, 0.25) is 5.91 Å². The lowest BCUT2D eigenvalue weighted by atomic mass is 10.0. The standard InChI is InChI=1S/C20H19F3N4O4.C6H4/c1-12(28)25-16-10-13(8-9-24-16)11-26-18(30)27(17(29)19(26,2)3)14-4-6-15(7-5-14)31-20(21,22)23;1-2-5-4-6(5)3-1/h4-10H,11H2,1-3H3,(H,24,25,28);1-4H. The molecule has 0 radical (unpaired) electrons. The number of imide groups is 1. The van der Waals surface area contributed by atoms with Gasteiger partial charge in [0.25, 0.3) is 5.91 Å². The summed E-state index contributed by atoms with van der Waals surface area (Å²) in [5.41, 5.74) is 2.39. The predicted molar refractivity (Wildman–Crippen MR) is 130 cm³/mol. The molecule has 37 heavy (non-hydrogen) atoms. The van der Waals surface area contributed by atoms with Crippen LogP contribution in [-0.4, -0.2) is 39.6 Å². The van der Waals surface area contributed by atoms with E-state index in [-0.39, 0.29) is 18.1 Å². The van der Waals surface area contributed by atoms with Gasteiger partial charge in [-0.05, 0) is 73.0 Å². The Bertz CT molecular complexity index is 1340. The maximum Gasteiger partial charge on any atom is 0.573 e. The van der Waals surface area contributed by atoms with Crippen molar-refractivity contribution in [3.05, 3.63) is 72.4 Å². The topological polar surface area (TPSA) is 91.8 Å². The van der Waals surface area contributed by atoms with Gasteiger partial charge in [0.15, 0.2) is 0 Å². The average Bonchev–Trinajstić information content (AvgIpc) is 3.36. The Hall–Kier alpha value is -4.41. The minimum atomic E-state index is -4.85. The van der Waals surface area contributed by atoms with E-state index in [9.17, 15) is 27.6 Å². The van der Waals surface area contributed by atoms with Crippen LogP contribution in [0.4, 0.5) is 29.5 Å². The van der Waals surface area contributed by atoms with Crippen molar-refractivity contribution in [2.24, 2.45) is 0 Å². The quantitative estimate of drug-likeness (QED) is 0.364. The Balaban J connectivity index is 0.000000458. The number of pyridine rings is 1. The highest BCUT2D eigenvalue weighted by Crippen LogP contribution is 2.35. The molecular weight excluding hydrogens is 489 g/mol. The monoisotopic (exact) mass is 512 g/mol. The Morgan fingerprint density at radius 2 is 1.68 bits per heavy atom. The van der Waals surface area contributed by atoms with E-state index in [1.807, 2.05) is 0 Å². The summed E-state index contributed by atoms with van der Waals surface area (Å²) in [7, 11) is 0. The molecule has 1 N–H and O–H groups in total. The zero-order chi connectivity index (χ0) is 27.0. The van der Waals surface area contributed by atoms with Gasteiger partial charge < -0.3 is 15.0 Å². The largest absolute Gasteiger partial charge is 0.573 e. The van der Waals surface area contributed by atoms with Gasteiger partial charge in [0, 0.05) is 19.7 Å². The van der Waals surface area contributed by atoms with Crippen molar-refractivity contribution in [2.75, 3.05) is 10.2 Å². The van der Waals surface area contributed by atoms with Gasteiger partial charge in [-0.25, -0.2) is 14.7 Å². The second-order valence-corrected chi connectivity index (χ2v) is 8.92. The van der Waals surface area contributed by atoms with E-state index in [4.69, 9.17) is 0 Å². The van der Waals surface area contributed by atoms with E-state index in [1.165, 1.54) is 41.3 Å². The molecule has 192 valence electrons. The maximum absolute atomic E-state index is 13.0. The first-order valence-corrected chi connectivity index (χ1v) is 11.2. The first kappa shape index (κ1) is 25.7. The summed E-state index contributed by atoms with van der Waals surface area (Å²) >= 11 is 0. The summed E-state index contributed by atoms with van der Waals surface area (Å²) in [6.45, 7) is 4.54. The molecule has 1 aromatic heterocycles. The molecule has 0 spiro atoms. The molecule has 2 aromatic rings. The highest BCUT2D eigenvalue weighted by molar-refractivity contribution is 6.22. The number of rotatable bonds is 5. The fourth-order valence-corrected chi connectivity index (χ4v) is 3.81. The summed E-state index contributed by atoms with van der Waals surface area (Å²) < 4.78 is 40.9. The van der Waals surface area contributed by atoms with E-state index in [2.05, 4.69) is 39.3 Å². The average molecular weight is 512 g/mol. The normalized spacial score (nSPS) is 15.2. The van der Waals surface area contributed by atoms with Crippen LogP contribution < -0.4 is 15.0 Å². The Labute approximate surface area is 210 Å². The van der Waals surface area contributed by atoms with Crippen LogP contribution in [0, 0.1) is 0 Å². The molecule has 0 unspecified atom stereocenters. The second-order valence-electron chi connectivity index (χ2n) is 8.92. The van der Waals surface area contributed by atoms with Crippen LogP contribution in [-0.2, 0) is 16.1 Å². The summed E-state index contributed by atoms with van der Waals surface area (Å²) in [6.07, 6.45) is -3.38. The SMILES string of the molecule is CC(=O)Nc1cc(CN2C(=O)N(c3ccc(OC(F)(F)F)cc3)C(=O)C2(C)C)ccn1.c1cc2cc-2c1. The number of alkyl halides is 3. The molecular formula is C26H23F3N4O4. The van der Waals surface area contributed by atoms with Crippen molar-refractivity contribution in [1.82, 2.24) is 9.88 Å². The maximum atomic E-state index is 13.0. The first-order chi connectivity index (χ1) is 17.3. The van der Waals surface area contributed by atoms with Crippen LogP contribution in [0.1, 0.15) is 26.3 Å². The van der Waals surface area contributed by atoms with E-state index in [1.54, 1.807) is 26.0 Å². The number of amides is 4. The fraction of sp³-hybridized carbons (Fsp3) is 0.231. The fourth-order valence-electron chi connectivity index (χ4n) is 3.81. The minimum absolute atomic E-state index is 0.0540. The zero-order valence-corrected chi connectivity index (χ0v) is 20.2. The zero-order valence-electron chi connectivity index (χ0n) is 20.2. The molecule has 2 heterocycles. The molecule has 2 aliphatic carbocycles. The molecule has 1 fully saturated rings. The molecule has 1 aromatic carbocycles. The lowest BCUT2D eigenvalue weighted by Crippen LogP contribution is -2.43. The third-order valence-electron chi connectivity index (χ3n) is 5.73. The number of carbonyl (C=O) groups is 3. The van der Waals surface area contributed by atoms with E-state index in [0.717, 1.165) is 17.0 Å². The number of nitrogens with one attached hydrogen (secondary N) is 1. The first-order valence-electron chi connectivity index (χ1n) is 11.2. The van der Waals surface area contributed by atoms with Gasteiger partial charge in [0.05, 0.1) is 5.69 Å². The number of anilines is 2. The van der Waals surface area contributed by atoms with Crippen LogP contribution >= 0.6 is 0 Å². The highest BCUT2D eigenvalue weighted by atomic mass is 19.4. The summed E-state index contributed by atoms with van der Waals surface area (Å²) in [4.78, 5) is 43.5. The molecule has 1 saturated heterocycles. The van der Waals surface area contributed by atoms with E-state index >= 15 is 0 Å². The number of urea groups is 1. The lowest BCUT2D eigenvalue weighted by Gasteiger charge is -2.27. The number of hydrogen-bond acceptors (Lipinski definition) is 5. The molecule has 0 bridgehead atoms. The smallest absolute Gasteiger partial charge is 0.406 e. The van der Waals surface area contributed by atoms with Gasteiger partial charge in [0.1, 0.15) is 17.1 Å². The summed E-state index contributed by atoms with van der Waals surface area (Å²) in [5, 5.41) is 2.54. The molecule has 0 atom stereocenters. The molecule has 1 aliphatic heterocycles. The Kier molecular flexibility index (Phi) is 6.64. The molecule has 11 heteroatoms. The van der Waals surface area contributed by atoms with Crippen LogP contribution in [0.2, 0.25) is 0 Å². The van der Waals surface area contributed by atoms with Crippen molar-refractivity contribution in [2.45, 2.75) is 39.2 Å². The van der Waals surface area contributed by atoms with Gasteiger partial charge in [-0.1, -0.05) is 18.2 Å². The third-order valence-corrected chi connectivity index (χ3v) is 5.73. The highest BCUT2D eigenvalue weighted by Gasteiger charge is 2.51. The van der Waals surface area contributed by atoms with Crippen LogP contribution in [0.3, 0.4) is 0 Å². The van der Waals surface area contributed by atoms with Crippen molar-refractivity contribution in [1.29, 1.82) is 0 Å². The van der Waals surface area contributed by atoms with Crippen molar-refractivity contribution < 1.29 is 32.3 Å². The number of aromatic nitrogens is 1. The van der Waals surface area contributed by atoms with E-state index < -0.39 is 29.6 Å². The van der Waals surface area contributed by atoms with Gasteiger partial charge in [-0.2, -0.15) is 0 Å². The third kappa shape index (κ3) is 5.88. The number of benzene rings is 2. The predicted octanol–water partition coefficient (Wildman–Crippen LogP) is 5.35. The molecule has 5 rings (SSSR count). The van der Waals surface area contributed by atoms with Gasteiger partial charge in [-0.3, -0.25) is 9.59 Å². The minimum Gasteiger partial charge on any atom is -0.406 e. The number of carbonyl (C=O) groups excluding carboxylic acids is 3. The number of halogens is 3. The molecule has 3 aliphatic rings. The van der Waals surface area contributed by atoms with Crippen LogP contribution in [0.15, 0.2) is 66.9 Å². The van der Waals surface area contributed by atoms with Crippen LogP contribution in [0.25, 0.3) is 11.1 Å². The van der Waals surface area contributed by atoms with Crippen molar-refractivity contribution >= 4 is 29.4 Å². The number of nitrogens with zero attached hydrogens (tertiary/aromatic N) is 3. The van der Waals surface area contributed by atoms with Crippen LogP contribution in [0.5, 0.6) is 5.75 Å². The lowest BCUT2D eigenvalue weighted by molar-refractivity contribution is -0.274. The Morgan fingerprint density at radius 3 is 2.19 bits per heavy atom. The van der Waals surface area contributed by atoms with Gasteiger partial charge >= 0.3 is 12.4 Å². The summed E-state index contributed by atoms with van der Waals surface area (Å²) in [5.74, 6) is -0.994. The number of fused-ring (bicyclic) bond motifs is 1. The van der Waals surface area contributed by atoms with Crippen molar-refractivity contribution in [3.8, 4) is 16.9 Å². The van der Waals surface area contributed by atoms with Crippen molar-refractivity contribution in [3.63, 3.8) is 0 Å². The van der Waals surface area contributed by atoms with E-state index in [0.29, 0.717) is 11.4 Å².